The van der Waals surface area contributed by atoms with Gasteiger partial charge in [-0.05, 0) is 23.8 Å². The highest BCUT2D eigenvalue weighted by molar-refractivity contribution is 5.90. The Morgan fingerprint density at radius 1 is 1.50 bits per heavy atom. The Bertz CT molecular complexity index is 452. The van der Waals surface area contributed by atoms with Gasteiger partial charge < -0.3 is 4.90 Å². The minimum Gasteiger partial charge on any atom is -0.383 e. The third-order valence-corrected chi connectivity index (χ3v) is 2.54. The lowest BCUT2D eigenvalue weighted by atomic mass is 9.94. The van der Waals surface area contributed by atoms with Crippen molar-refractivity contribution in [2.75, 3.05) is 14.1 Å². The lowest BCUT2D eigenvalue weighted by Gasteiger charge is -2.11. The van der Waals surface area contributed by atoms with E-state index >= 15 is 0 Å². The van der Waals surface area contributed by atoms with Gasteiger partial charge in [-0.25, -0.2) is 4.39 Å². The molecule has 0 N–H and O–H groups in total. The first-order valence-corrected chi connectivity index (χ1v) is 5.78. The maximum atomic E-state index is 13.1. The van der Waals surface area contributed by atoms with Crippen LogP contribution in [0.3, 0.4) is 0 Å². The zero-order chi connectivity index (χ0) is 13.5. The average molecular weight is 247 g/mol. The molecule has 1 aromatic rings. The monoisotopic (exact) mass is 247 g/mol. The fourth-order valence-corrected chi connectivity index (χ4v) is 1.59. The Balaban J connectivity index is 2.74. The summed E-state index contributed by atoms with van der Waals surface area (Å²) in [6.45, 7) is 3.71. The minimum absolute atomic E-state index is 0.00198. The molecule has 96 valence electrons. The first-order chi connectivity index (χ1) is 8.52. The average Bonchev–Trinajstić information content (AvgIpc) is 2.33. The maximum absolute atomic E-state index is 13.1. The van der Waals surface area contributed by atoms with Crippen molar-refractivity contribution in [2.45, 2.75) is 12.3 Å². The molecule has 0 aromatic heterocycles. The summed E-state index contributed by atoms with van der Waals surface area (Å²) in [4.78, 5) is 13.5. The predicted molar refractivity (Wildman–Crippen MR) is 71.8 cm³/mol. The second kappa shape index (κ2) is 6.74. The Morgan fingerprint density at radius 3 is 2.78 bits per heavy atom. The zero-order valence-electron chi connectivity index (χ0n) is 10.8. The van der Waals surface area contributed by atoms with Gasteiger partial charge in [0.25, 0.3) is 0 Å². The van der Waals surface area contributed by atoms with Gasteiger partial charge in [-0.3, -0.25) is 4.79 Å². The van der Waals surface area contributed by atoms with Crippen LogP contribution in [0.2, 0.25) is 0 Å². The Hall–Kier alpha value is -1.90. The minimum atomic E-state index is -0.296. The standard InChI is InChI=1S/C15H18FNO/c1-4-12(11-15(18)8-9-17(2)3)13-6-5-7-14(16)10-13/h4-10,12H,1,11H2,2-3H3/b9-8+/t12-/m0/s1. The number of ketones is 1. The van der Waals surface area contributed by atoms with Crippen LogP contribution >= 0.6 is 0 Å². The van der Waals surface area contributed by atoms with Gasteiger partial charge >= 0.3 is 0 Å². The van der Waals surface area contributed by atoms with Gasteiger partial charge in [0, 0.05) is 32.6 Å². The van der Waals surface area contributed by atoms with Crippen LogP contribution in [0.15, 0.2) is 49.2 Å². The topological polar surface area (TPSA) is 20.3 Å². The van der Waals surface area contributed by atoms with Gasteiger partial charge in [0.2, 0.25) is 0 Å². The van der Waals surface area contributed by atoms with Crippen molar-refractivity contribution in [3.63, 3.8) is 0 Å². The van der Waals surface area contributed by atoms with Crippen LogP contribution in [0.5, 0.6) is 0 Å². The van der Waals surface area contributed by atoms with Gasteiger partial charge in [-0.2, -0.15) is 0 Å². The van der Waals surface area contributed by atoms with E-state index < -0.39 is 0 Å². The molecule has 0 aliphatic carbocycles. The Labute approximate surface area is 107 Å². The first-order valence-electron chi connectivity index (χ1n) is 5.78. The molecule has 3 heteroatoms. The summed E-state index contributed by atoms with van der Waals surface area (Å²) >= 11 is 0. The third kappa shape index (κ3) is 4.53. The van der Waals surface area contributed by atoms with Crippen molar-refractivity contribution in [3.05, 3.63) is 60.6 Å². The molecule has 0 fully saturated rings. The molecular weight excluding hydrogens is 229 g/mol. The first kappa shape index (κ1) is 14.2. The number of rotatable bonds is 6. The summed E-state index contributed by atoms with van der Waals surface area (Å²) in [5.74, 6) is -0.450. The highest BCUT2D eigenvalue weighted by Crippen LogP contribution is 2.22. The molecule has 0 aliphatic heterocycles. The molecule has 18 heavy (non-hydrogen) atoms. The summed E-state index contributed by atoms with van der Waals surface area (Å²) < 4.78 is 13.1. The zero-order valence-corrected chi connectivity index (χ0v) is 10.8. The lowest BCUT2D eigenvalue weighted by Crippen LogP contribution is -2.06. The normalized spacial score (nSPS) is 12.4. The van der Waals surface area contributed by atoms with Crippen molar-refractivity contribution < 1.29 is 9.18 Å². The molecule has 1 rings (SSSR count). The largest absolute Gasteiger partial charge is 0.383 e. The van der Waals surface area contributed by atoms with Crippen molar-refractivity contribution in [3.8, 4) is 0 Å². The van der Waals surface area contributed by atoms with Crippen LogP contribution in [-0.2, 0) is 4.79 Å². The molecule has 0 spiro atoms. The number of allylic oxidation sites excluding steroid dienone is 2. The van der Waals surface area contributed by atoms with E-state index in [0.29, 0.717) is 6.42 Å². The molecule has 0 unspecified atom stereocenters. The second-order valence-electron chi connectivity index (χ2n) is 4.35. The highest BCUT2D eigenvalue weighted by Gasteiger charge is 2.11. The third-order valence-electron chi connectivity index (χ3n) is 2.54. The summed E-state index contributed by atoms with van der Waals surface area (Å²) in [6, 6.07) is 6.27. The molecule has 0 bridgehead atoms. The van der Waals surface area contributed by atoms with E-state index in [4.69, 9.17) is 0 Å². The number of benzene rings is 1. The van der Waals surface area contributed by atoms with Crippen LogP contribution in [0.1, 0.15) is 17.9 Å². The summed E-state index contributed by atoms with van der Waals surface area (Å²) in [5, 5.41) is 0. The molecular formula is C15H18FNO. The van der Waals surface area contributed by atoms with Crippen LogP contribution < -0.4 is 0 Å². The van der Waals surface area contributed by atoms with Crippen LogP contribution in [0, 0.1) is 5.82 Å². The molecule has 0 saturated carbocycles. The van der Waals surface area contributed by atoms with Gasteiger partial charge in [0.1, 0.15) is 5.82 Å². The van der Waals surface area contributed by atoms with Gasteiger partial charge in [-0.15, -0.1) is 6.58 Å². The molecule has 0 heterocycles. The van der Waals surface area contributed by atoms with E-state index in [9.17, 15) is 9.18 Å². The number of hydrogen-bond donors (Lipinski definition) is 0. The Morgan fingerprint density at radius 2 is 2.22 bits per heavy atom. The molecule has 2 nitrogen and oxygen atoms in total. The van der Waals surface area contributed by atoms with Crippen LogP contribution in [0.4, 0.5) is 4.39 Å². The van der Waals surface area contributed by atoms with E-state index in [2.05, 4.69) is 6.58 Å². The molecule has 0 saturated heterocycles. The molecule has 1 aromatic carbocycles. The molecule has 1 atom stereocenters. The maximum Gasteiger partial charge on any atom is 0.158 e. The Kier molecular flexibility index (Phi) is 5.31. The van der Waals surface area contributed by atoms with Gasteiger partial charge in [0.15, 0.2) is 5.78 Å². The van der Waals surface area contributed by atoms with E-state index in [1.165, 1.54) is 18.2 Å². The lowest BCUT2D eigenvalue weighted by molar-refractivity contribution is -0.114. The molecule has 0 amide bonds. The van der Waals surface area contributed by atoms with Crippen molar-refractivity contribution in [1.29, 1.82) is 0 Å². The fraction of sp³-hybridized carbons (Fsp3) is 0.267. The van der Waals surface area contributed by atoms with E-state index in [-0.39, 0.29) is 17.5 Å². The predicted octanol–water partition coefficient (Wildman–Crippen LogP) is 3.13. The number of carbonyl (C=O) groups excluding carboxylic acids is 1. The number of halogens is 1. The van der Waals surface area contributed by atoms with Crippen molar-refractivity contribution in [2.24, 2.45) is 0 Å². The van der Waals surface area contributed by atoms with E-state index in [1.807, 2.05) is 14.1 Å². The van der Waals surface area contributed by atoms with Crippen molar-refractivity contribution >= 4 is 5.78 Å². The summed E-state index contributed by atoms with van der Waals surface area (Å²) in [6.07, 6.45) is 5.21. The quantitative estimate of drug-likeness (QED) is 0.568. The van der Waals surface area contributed by atoms with Gasteiger partial charge in [-0.1, -0.05) is 18.2 Å². The number of carbonyl (C=O) groups is 1. The fourth-order valence-electron chi connectivity index (χ4n) is 1.59. The SMILES string of the molecule is C=C[C@@H](CC(=O)/C=C/N(C)C)c1cccc(F)c1. The number of hydrogen-bond acceptors (Lipinski definition) is 2. The molecule has 0 aliphatic rings. The molecule has 0 radical (unpaired) electrons. The highest BCUT2D eigenvalue weighted by atomic mass is 19.1. The van der Waals surface area contributed by atoms with Crippen LogP contribution in [0.25, 0.3) is 0 Å². The summed E-state index contributed by atoms with van der Waals surface area (Å²) in [7, 11) is 3.70. The number of nitrogens with zero attached hydrogens (tertiary/aromatic N) is 1. The van der Waals surface area contributed by atoms with E-state index in [1.54, 1.807) is 29.3 Å². The van der Waals surface area contributed by atoms with Crippen LogP contribution in [-0.4, -0.2) is 24.8 Å². The second-order valence-corrected chi connectivity index (χ2v) is 4.35. The van der Waals surface area contributed by atoms with Gasteiger partial charge in [0.05, 0.1) is 0 Å². The summed E-state index contributed by atoms with van der Waals surface area (Å²) in [5.41, 5.74) is 0.775. The van der Waals surface area contributed by atoms with E-state index in [0.717, 1.165) is 5.56 Å². The van der Waals surface area contributed by atoms with Crippen molar-refractivity contribution in [1.82, 2.24) is 4.90 Å². The smallest absolute Gasteiger partial charge is 0.158 e.